The zero-order chi connectivity index (χ0) is 19.3. The maximum absolute atomic E-state index is 12.4. The number of aliphatic carboxylic acids is 1. The summed E-state index contributed by atoms with van der Waals surface area (Å²) >= 11 is 5.81. The fourth-order valence-electron chi connectivity index (χ4n) is 2.08. The van der Waals surface area contributed by atoms with Crippen molar-refractivity contribution in [2.75, 3.05) is 6.61 Å². The second-order valence-corrected chi connectivity index (χ2v) is 6.38. The second kappa shape index (κ2) is 8.01. The van der Waals surface area contributed by atoms with E-state index in [1.807, 2.05) is 0 Å². The first-order valence-electron chi connectivity index (χ1n) is 7.67. The average Bonchev–Trinajstić information content (AvgIpc) is 2.60. The van der Waals surface area contributed by atoms with Crippen LogP contribution in [0.2, 0.25) is 5.02 Å². The SMILES string of the molecule is CC(C)(Oc1ccc(C(=O)c2ccc(Cl)cc2)cc1)C(=O)OCC(=O)O. The van der Waals surface area contributed by atoms with Crippen LogP contribution in [0.15, 0.2) is 48.5 Å². The van der Waals surface area contributed by atoms with Crippen molar-refractivity contribution in [3.63, 3.8) is 0 Å². The Balaban J connectivity index is 2.06. The minimum absolute atomic E-state index is 0.173. The molecule has 2 rings (SSSR count). The van der Waals surface area contributed by atoms with E-state index in [2.05, 4.69) is 4.74 Å². The molecule has 1 N–H and O–H groups in total. The minimum atomic E-state index is -1.38. The Labute approximate surface area is 155 Å². The summed E-state index contributed by atoms with van der Waals surface area (Å²) in [5.74, 6) is -1.89. The molecular formula is C19H17ClO6. The summed E-state index contributed by atoms with van der Waals surface area (Å²) in [5.41, 5.74) is -0.427. The highest BCUT2D eigenvalue weighted by atomic mass is 35.5. The summed E-state index contributed by atoms with van der Waals surface area (Å²) in [7, 11) is 0. The number of carboxylic acid groups (broad SMARTS) is 1. The van der Waals surface area contributed by atoms with E-state index in [1.165, 1.54) is 13.8 Å². The largest absolute Gasteiger partial charge is 0.479 e. The number of hydrogen-bond donors (Lipinski definition) is 1. The van der Waals surface area contributed by atoms with Gasteiger partial charge in [-0.2, -0.15) is 0 Å². The molecule has 0 heterocycles. The number of rotatable bonds is 7. The van der Waals surface area contributed by atoms with Crippen molar-refractivity contribution in [3.8, 4) is 5.75 Å². The normalized spacial score (nSPS) is 10.9. The number of carbonyl (C=O) groups is 3. The van der Waals surface area contributed by atoms with E-state index in [0.29, 0.717) is 21.9 Å². The van der Waals surface area contributed by atoms with Crippen LogP contribution in [0.1, 0.15) is 29.8 Å². The molecule has 0 radical (unpaired) electrons. The fraction of sp³-hybridized carbons (Fsp3) is 0.211. The Kier molecular flexibility index (Phi) is 6.00. The van der Waals surface area contributed by atoms with Gasteiger partial charge in [0.25, 0.3) is 0 Å². The third kappa shape index (κ3) is 5.07. The van der Waals surface area contributed by atoms with Crippen LogP contribution >= 0.6 is 11.6 Å². The first-order chi connectivity index (χ1) is 12.2. The molecule has 0 spiro atoms. The van der Waals surface area contributed by atoms with Crippen LogP contribution in [0.3, 0.4) is 0 Å². The maximum Gasteiger partial charge on any atom is 0.350 e. The molecule has 0 aliphatic rings. The van der Waals surface area contributed by atoms with Gasteiger partial charge in [0.1, 0.15) is 5.75 Å². The molecule has 0 amide bonds. The van der Waals surface area contributed by atoms with Gasteiger partial charge in [0.15, 0.2) is 18.0 Å². The Morgan fingerprint density at radius 2 is 1.46 bits per heavy atom. The van der Waals surface area contributed by atoms with Crippen molar-refractivity contribution < 1.29 is 29.0 Å². The molecular weight excluding hydrogens is 360 g/mol. The van der Waals surface area contributed by atoms with Crippen molar-refractivity contribution in [2.45, 2.75) is 19.4 Å². The van der Waals surface area contributed by atoms with Crippen molar-refractivity contribution >= 4 is 29.3 Å². The molecule has 0 bridgehead atoms. The van der Waals surface area contributed by atoms with E-state index in [0.717, 1.165) is 0 Å². The van der Waals surface area contributed by atoms with Gasteiger partial charge < -0.3 is 14.6 Å². The number of hydrogen-bond acceptors (Lipinski definition) is 5. The van der Waals surface area contributed by atoms with E-state index in [1.54, 1.807) is 48.5 Å². The first-order valence-corrected chi connectivity index (χ1v) is 8.05. The Morgan fingerprint density at radius 1 is 0.962 bits per heavy atom. The monoisotopic (exact) mass is 376 g/mol. The van der Waals surface area contributed by atoms with E-state index >= 15 is 0 Å². The Hall–Kier alpha value is -2.86. The zero-order valence-electron chi connectivity index (χ0n) is 14.2. The van der Waals surface area contributed by atoms with Crippen LogP contribution in [-0.4, -0.2) is 35.0 Å². The molecule has 2 aromatic rings. The molecule has 0 unspecified atom stereocenters. The van der Waals surface area contributed by atoms with Gasteiger partial charge in [-0.05, 0) is 62.4 Å². The highest BCUT2D eigenvalue weighted by Gasteiger charge is 2.32. The summed E-state index contributed by atoms with van der Waals surface area (Å²) in [5, 5.41) is 9.10. The lowest BCUT2D eigenvalue weighted by Crippen LogP contribution is -2.40. The van der Waals surface area contributed by atoms with Gasteiger partial charge in [-0.3, -0.25) is 4.79 Å². The number of halogens is 1. The molecule has 0 atom stereocenters. The van der Waals surface area contributed by atoms with E-state index < -0.39 is 24.1 Å². The zero-order valence-corrected chi connectivity index (χ0v) is 14.9. The van der Waals surface area contributed by atoms with Crippen LogP contribution in [0, 0.1) is 0 Å². The topological polar surface area (TPSA) is 89.9 Å². The lowest BCUT2D eigenvalue weighted by atomic mass is 10.0. The number of benzene rings is 2. The van der Waals surface area contributed by atoms with Crippen LogP contribution < -0.4 is 4.74 Å². The predicted octanol–water partition coefficient (Wildman–Crippen LogP) is 3.36. The van der Waals surface area contributed by atoms with Gasteiger partial charge in [0.05, 0.1) is 0 Å². The Bertz CT molecular complexity index is 809. The summed E-state index contributed by atoms with van der Waals surface area (Å²) in [4.78, 5) is 34.8. The first kappa shape index (κ1) is 19.5. The average molecular weight is 377 g/mol. The number of esters is 1. The molecule has 6 nitrogen and oxygen atoms in total. The van der Waals surface area contributed by atoms with Crippen LogP contribution in [0.25, 0.3) is 0 Å². The van der Waals surface area contributed by atoms with Crippen molar-refractivity contribution in [1.29, 1.82) is 0 Å². The molecule has 0 aromatic heterocycles. The molecule has 136 valence electrons. The van der Waals surface area contributed by atoms with Crippen molar-refractivity contribution in [2.24, 2.45) is 0 Å². The molecule has 2 aromatic carbocycles. The summed E-state index contributed by atoms with van der Waals surface area (Å²) in [6.07, 6.45) is 0. The molecule has 0 saturated carbocycles. The smallest absolute Gasteiger partial charge is 0.350 e. The molecule has 0 aliphatic carbocycles. The van der Waals surface area contributed by atoms with E-state index in [4.69, 9.17) is 21.4 Å². The van der Waals surface area contributed by atoms with Gasteiger partial charge in [0.2, 0.25) is 0 Å². The summed E-state index contributed by atoms with van der Waals surface area (Å²) in [6, 6.07) is 12.8. The van der Waals surface area contributed by atoms with Crippen LogP contribution in [0.4, 0.5) is 0 Å². The second-order valence-electron chi connectivity index (χ2n) is 5.94. The van der Waals surface area contributed by atoms with Gasteiger partial charge in [-0.1, -0.05) is 11.6 Å². The molecule has 0 saturated heterocycles. The lowest BCUT2D eigenvalue weighted by Gasteiger charge is -2.24. The number of carbonyl (C=O) groups excluding carboxylic acids is 2. The third-order valence-corrected chi connectivity index (χ3v) is 3.67. The van der Waals surface area contributed by atoms with Crippen molar-refractivity contribution in [1.82, 2.24) is 0 Å². The van der Waals surface area contributed by atoms with E-state index in [9.17, 15) is 14.4 Å². The maximum atomic E-state index is 12.4. The highest BCUT2D eigenvalue weighted by Crippen LogP contribution is 2.22. The van der Waals surface area contributed by atoms with Gasteiger partial charge in [0, 0.05) is 16.1 Å². The molecule has 0 fully saturated rings. The number of ether oxygens (including phenoxy) is 2. The van der Waals surface area contributed by atoms with E-state index in [-0.39, 0.29) is 5.78 Å². The number of carboxylic acids is 1. The molecule has 7 heteroatoms. The highest BCUT2D eigenvalue weighted by molar-refractivity contribution is 6.30. The fourth-order valence-corrected chi connectivity index (χ4v) is 2.21. The standard InChI is InChI=1S/C19H17ClO6/c1-19(2,18(24)25-11-16(21)22)26-15-9-5-13(6-10-15)17(23)12-3-7-14(20)8-4-12/h3-10H,11H2,1-2H3,(H,21,22). The van der Waals surface area contributed by atoms with Gasteiger partial charge in [-0.25, -0.2) is 9.59 Å². The summed E-state index contributed by atoms with van der Waals surface area (Å²) in [6.45, 7) is 2.19. The summed E-state index contributed by atoms with van der Waals surface area (Å²) < 4.78 is 10.2. The number of ketones is 1. The predicted molar refractivity (Wildman–Crippen MR) is 94.6 cm³/mol. The van der Waals surface area contributed by atoms with Gasteiger partial charge in [-0.15, -0.1) is 0 Å². The molecule has 26 heavy (non-hydrogen) atoms. The Morgan fingerprint density at radius 3 is 1.96 bits per heavy atom. The van der Waals surface area contributed by atoms with Crippen LogP contribution in [-0.2, 0) is 14.3 Å². The van der Waals surface area contributed by atoms with Gasteiger partial charge >= 0.3 is 11.9 Å². The lowest BCUT2D eigenvalue weighted by molar-refractivity contribution is -0.165. The third-order valence-electron chi connectivity index (χ3n) is 3.41. The van der Waals surface area contributed by atoms with Crippen LogP contribution in [0.5, 0.6) is 5.75 Å². The molecule has 0 aliphatic heterocycles. The van der Waals surface area contributed by atoms with Crippen molar-refractivity contribution in [3.05, 3.63) is 64.7 Å². The quantitative estimate of drug-likeness (QED) is 0.588. The minimum Gasteiger partial charge on any atom is -0.479 e.